The molecule has 24 heavy (non-hydrogen) atoms. The van der Waals surface area contributed by atoms with Crippen molar-refractivity contribution in [3.8, 4) is 11.5 Å². The van der Waals surface area contributed by atoms with E-state index in [2.05, 4.69) is 9.71 Å². The number of anilines is 1. The van der Waals surface area contributed by atoms with Crippen LogP contribution in [0.25, 0.3) is 10.8 Å². The van der Waals surface area contributed by atoms with Crippen LogP contribution >= 0.6 is 0 Å². The van der Waals surface area contributed by atoms with E-state index in [0.29, 0.717) is 22.6 Å². The monoisotopic (exact) mass is 344 g/mol. The molecule has 0 radical (unpaired) electrons. The maximum atomic E-state index is 12.9. The highest BCUT2D eigenvalue weighted by Gasteiger charge is 2.19. The van der Waals surface area contributed by atoms with Gasteiger partial charge in [0.05, 0.1) is 24.8 Å². The summed E-state index contributed by atoms with van der Waals surface area (Å²) in [4.78, 5) is 4.19. The van der Waals surface area contributed by atoms with Crippen molar-refractivity contribution in [2.45, 2.75) is 4.90 Å². The summed E-state index contributed by atoms with van der Waals surface area (Å²) in [5.41, 5.74) is 0.308. The normalized spacial score (nSPS) is 11.2. The molecule has 0 bridgehead atoms. The van der Waals surface area contributed by atoms with Gasteiger partial charge in [0.25, 0.3) is 10.0 Å². The standard InChI is InChI=1S/C17H16N2O4S/c1-22-13-6-7-16(23-2)15(10-13)19-24(20,21)17-5-3-4-12-11-18-9-8-14(12)17/h3-11,19H,1-2H3. The van der Waals surface area contributed by atoms with E-state index in [4.69, 9.17) is 9.47 Å². The predicted molar refractivity (Wildman–Crippen MR) is 92.1 cm³/mol. The number of benzene rings is 2. The Bertz CT molecular complexity index is 982. The fourth-order valence-corrected chi connectivity index (χ4v) is 3.71. The van der Waals surface area contributed by atoms with E-state index in [1.807, 2.05) is 6.07 Å². The molecule has 1 aromatic heterocycles. The van der Waals surface area contributed by atoms with Gasteiger partial charge in [-0.1, -0.05) is 12.1 Å². The van der Waals surface area contributed by atoms with E-state index < -0.39 is 10.0 Å². The molecular formula is C17H16N2O4S. The lowest BCUT2D eigenvalue weighted by molar-refractivity contribution is 0.405. The number of ether oxygens (including phenoxy) is 2. The zero-order valence-electron chi connectivity index (χ0n) is 13.2. The molecule has 3 aromatic rings. The maximum absolute atomic E-state index is 12.9. The van der Waals surface area contributed by atoms with Crippen LogP contribution < -0.4 is 14.2 Å². The third kappa shape index (κ3) is 2.98. The first-order chi connectivity index (χ1) is 11.5. The molecule has 0 aliphatic carbocycles. The third-order valence-electron chi connectivity index (χ3n) is 3.58. The largest absolute Gasteiger partial charge is 0.497 e. The van der Waals surface area contributed by atoms with Gasteiger partial charge in [-0.05, 0) is 24.3 Å². The lowest BCUT2D eigenvalue weighted by Crippen LogP contribution is -2.14. The average molecular weight is 344 g/mol. The van der Waals surface area contributed by atoms with Gasteiger partial charge in [0.15, 0.2) is 0 Å². The number of sulfonamides is 1. The first kappa shape index (κ1) is 16.1. The molecule has 1 N–H and O–H groups in total. The molecule has 0 unspecified atom stereocenters. The molecule has 124 valence electrons. The van der Waals surface area contributed by atoms with Gasteiger partial charge in [-0.3, -0.25) is 9.71 Å². The summed E-state index contributed by atoms with van der Waals surface area (Å²) < 4.78 is 38.6. The first-order valence-electron chi connectivity index (χ1n) is 7.13. The number of hydrogen-bond acceptors (Lipinski definition) is 5. The number of fused-ring (bicyclic) bond motifs is 1. The van der Waals surface area contributed by atoms with Gasteiger partial charge in [0.2, 0.25) is 0 Å². The Hall–Kier alpha value is -2.80. The molecule has 1 heterocycles. The lowest BCUT2D eigenvalue weighted by Gasteiger charge is -2.14. The first-order valence-corrected chi connectivity index (χ1v) is 8.61. The van der Waals surface area contributed by atoms with Crippen LogP contribution in [-0.4, -0.2) is 27.6 Å². The minimum Gasteiger partial charge on any atom is -0.497 e. The Morgan fingerprint density at radius 3 is 2.62 bits per heavy atom. The Morgan fingerprint density at radius 1 is 1.04 bits per heavy atom. The van der Waals surface area contributed by atoms with E-state index >= 15 is 0 Å². The van der Waals surface area contributed by atoms with Crippen LogP contribution in [0.3, 0.4) is 0 Å². The smallest absolute Gasteiger partial charge is 0.262 e. The zero-order chi connectivity index (χ0) is 17.2. The summed E-state index contributed by atoms with van der Waals surface area (Å²) in [5.74, 6) is 0.928. The van der Waals surface area contributed by atoms with Crippen molar-refractivity contribution >= 4 is 26.5 Å². The SMILES string of the molecule is COc1ccc(OC)c(NS(=O)(=O)c2cccc3cnccc23)c1. The number of nitrogens with one attached hydrogen (secondary N) is 1. The Balaban J connectivity index is 2.09. The molecule has 3 rings (SSSR count). The highest BCUT2D eigenvalue weighted by Crippen LogP contribution is 2.32. The quantitative estimate of drug-likeness (QED) is 0.770. The van der Waals surface area contributed by atoms with Crippen molar-refractivity contribution in [1.82, 2.24) is 4.98 Å². The summed E-state index contributed by atoms with van der Waals surface area (Å²) in [6, 6.07) is 11.6. The topological polar surface area (TPSA) is 77.5 Å². The molecule has 7 heteroatoms. The highest BCUT2D eigenvalue weighted by molar-refractivity contribution is 7.93. The van der Waals surface area contributed by atoms with Crippen molar-refractivity contribution in [3.05, 3.63) is 54.9 Å². The van der Waals surface area contributed by atoms with E-state index in [1.165, 1.54) is 14.2 Å². The summed E-state index contributed by atoms with van der Waals surface area (Å²) in [6.07, 6.45) is 3.19. The van der Waals surface area contributed by atoms with E-state index in [-0.39, 0.29) is 4.90 Å². The van der Waals surface area contributed by atoms with Crippen molar-refractivity contribution in [2.75, 3.05) is 18.9 Å². The maximum Gasteiger partial charge on any atom is 0.262 e. The fourth-order valence-electron chi connectivity index (χ4n) is 2.42. The number of nitrogens with zero attached hydrogens (tertiary/aromatic N) is 1. The van der Waals surface area contributed by atoms with Crippen LogP contribution in [0.15, 0.2) is 59.8 Å². The van der Waals surface area contributed by atoms with Crippen LogP contribution in [0, 0.1) is 0 Å². The van der Waals surface area contributed by atoms with E-state index in [0.717, 1.165) is 5.39 Å². The zero-order valence-corrected chi connectivity index (χ0v) is 14.0. The number of methoxy groups -OCH3 is 2. The lowest BCUT2D eigenvalue weighted by atomic mass is 10.2. The Kier molecular flexibility index (Phi) is 4.26. The third-order valence-corrected chi connectivity index (χ3v) is 5.00. The molecule has 0 fully saturated rings. The van der Waals surface area contributed by atoms with Gasteiger partial charge in [-0.25, -0.2) is 8.42 Å². The fraction of sp³-hybridized carbons (Fsp3) is 0.118. The van der Waals surface area contributed by atoms with Gasteiger partial charge in [-0.15, -0.1) is 0 Å². The van der Waals surface area contributed by atoms with Gasteiger partial charge in [0, 0.05) is 29.2 Å². The van der Waals surface area contributed by atoms with Crippen molar-refractivity contribution in [1.29, 1.82) is 0 Å². The summed E-state index contributed by atoms with van der Waals surface area (Å²) >= 11 is 0. The van der Waals surface area contributed by atoms with Crippen molar-refractivity contribution in [2.24, 2.45) is 0 Å². The molecule has 0 amide bonds. The summed E-state index contributed by atoms with van der Waals surface area (Å²) in [6.45, 7) is 0. The number of rotatable bonds is 5. The number of hydrogen-bond donors (Lipinski definition) is 1. The summed E-state index contributed by atoms with van der Waals surface area (Å²) in [7, 11) is -0.824. The molecule has 6 nitrogen and oxygen atoms in total. The second-order valence-corrected chi connectivity index (χ2v) is 6.68. The van der Waals surface area contributed by atoms with Gasteiger partial charge < -0.3 is 9.47 Å². The van der Waals surface area contributed by atoms with Crippen LogP contribution in [0.2, 0.25) is 0 Å². The van der Waals surface area contributed by atoms with Gasteiger partial charge in [-0.2, -0.15) is 0 Å². The Labute approximate surface area is 140 Å². The second kappa shape index (κ2) is 6.37. The number of aromatic nitrogens is 1. The summed E-state index contributed by atoms with van der Waals surface area (Å²) in [5, 5.41) is 1.35. The highest BCUT2D eigenvalue weighted by atomic mass is 32.2. The minimum absolute atomic E-state index is 0.173. The minimum atomic E-state index is -3.81. The molecule has 0 aliphatic rings. The average Bonchev–Trinajstić information content (AvgIpc) is 2.60. The van der Waals surface area contributed by atoms with Crippen LogP contribution in [0.1, 0.15) is 0 Å². The molecule has 0 saturated carbocycles. The molecular weight excluding hydrogens is 328 g/mol. The van der Waals surface area contributed by atoms with Gasteiger partial charge in [0.1, 0.15) is 11.5 Å². The van der Waals surface area contributed by atoms with E-state index in [9.17, 15) is 8.42 Å². The molecule has 0 atom stereocenters. The van der Waals surface area contributed by atoms with Crippen LogP contribution in [0.4, 0.5) is 5.69 Å². The second-order valence-electron chi connectivity index (χ2n) is 5.02. The van der Waals surface area contributed by atoms with Crippen LogP contribution in [-0.2, 0) is 10.0 Å². The molecule has 0 spiro atoms. The molecule has 2 aromatic carbocycles. The van der Waals surface area contributed by atoms with E-state index in [1.54, 1.807) is 48.8 Å². The molecule has 0 saturated heterocycles. The van der Waals surface area contributed by atoms with Gasteiger partial charge >= 0.3 is 0 Å². The Morgan fingerprint density at radius 2 is 1.88 bits per heavy atom. The van der Waals surface area contributed by atoms with Crippen LogP contribution in [0.5, 0.6) is 11.5 Å². The predicted octanol–water partition coefficient (Wildman–Crippen LogP) is 3.05. The van der Waals surface area contributed by atoms with Crippen molar-refractivity contribution in [3.63, 3.8) is 0 Å². The number of pyridine rings is 1. The van der Waals surface area contributed by atoms with Crippen molar-refractivity contribution < 1.29 is 17.9 Å². The molecule has 0 aliphatic heterocycles.